The van der Waals surface area contributed by atoms with E-state index < -0.39 is 0 Å². The minimum absolute atomic E-state index is 1.07. The first-order chi connectivity index (χ1) is 9.19. The molecule has 0 atom stereocenters. The van der Waals surface area contributed by atoms with Gasteiger partial charge < -0.3 is 0 Å². The molecule has 0 nitrogen and oxygen atoms in total. The Kier molecular flexibility index (Phi) is 22.9. The van der Waals surface area contributed by atoms with Crippen LogP contribution in [0.4, 0.5) is 0 Å². The lowest BCUT2D eigenvalue weighted by molar-refractivity contribution is 1.13. The Morgan fingerprint density at radius 2 is 1.53 bits per heavy atom. The van der Waals surface area contributed by atoms with E-state index in [1.54, 1.807) is 6.08 Å². The van der Waals surface area contributed by atoms with E-state index in [0.29, 0.717) is 0 Å². The van der Waals surface area contributed by atoms with Gasteiger partial charge in [-0.3, -0.25) is 0 Å². The van der Waals surface area contributed by atoms with Crippen LogP contribution in [0.1, 0.15) is 61.8 Å². The van der Waals surface area contributed by atoms with Crippen molar-refractivity contribution < 1.29 is 0 Å². The summed E-state index contributed by atoms with van der Waals surface area (Å²) in [6, 6.07) is 0. The summed E-state index contributed by atoms with van der Waals surface area (Å²) < 4.78 is 0. The van der Waals surface area contributed by atoms with Gasteiger partial charge in [0.2, 0.25) is 0 Å². The predicted molar refractivity (Wildman–Crippen MR) is 93.6 cm³/mol. The second-order valence-corrected chi connectivity index (χ2v) is 3.38. The normalized spacial score (nSPS) is 12.3. The molecule has 0 heteroatoms. The minimum atomic E-state index is 1.07. The predicted octanol–water partition coefficient (Wildman–Crippen LogP) is 7.03. The van der Waals surface area contributed by atoms with Crippen molar-refractivity contribution in [3.05, 3.63) is 59.8 Å². The van der Waals surface area contributed by atoms with Crippen molar-refractivity contribution in [1.29, 1.82) is 0 Å². The molecule has 0 spiro atoms. The second kappa shape index (κ2) is 19.0. The van der Waals surface area contributed by atoms with Gasteiger partial charge in [0.25, 0.3) is 0 Å². The third-order valence-corrected chi connectivity index (χ3v) is 2.42. The smallest absolute Gasteiger partial charge is 0.0228 e. The van der Waals surface area contributed by atoms with Crippen LogP contribution in [0.15, 0.2) is 59.8 Å². The van der Waals surface area contributed by atoms with Crippen LogP contribution in [0.5, 0.6) is 0 Å². The van der Waals surface area contributed by atoms with Gasteiger partial charge in [0.05, 0.1) is 0 Å². The van der Waals surface area contributed by atoms with Crippen LogP contribution in [0, 0.1) is 0 Å². The zero-order valence-electron chi connectivity index (χ0n) is 14.4. The number of hydrogen-bond acceptors (Lipinski definition) is 0. The molecule has 0 saturated carbocycles. The Labute approximate surface area is 122 Å². The summed E-state index contributed by atoms with van der Waals surface area (Å²) in [5.41, 5.74) is 3.91. The largest absolute Gasteiger partial charge is 0.0991 e. The molecule has 0 fully saturated rings. The lowest BCUT2D eigenvalue weighted by atomic mass is 10.0. The fraction of sp³-hybridized carbons (Fsp3) is 0.474. The molecule has 0 N–H and O–H groups in total. The molecule has 0 bridgehead atoms. The molecule has 0 aromatic carbocycles. The molecule has 0 aliphatic rings. The van der Waals surface area contributed by atoms with E-state index in [0.717, 1.165) is 6.42 Å². The molecule has 0 aliphatic carbocycles. The molecule has 19 heavy (non-hydrogen) atoms. The average Bonchev–Trinajstić information content (AvgIpc) is 2.51. The van der Waals surface area contributed by atoms with Crippen molar-refractivity contribution in [2.75, 3.05) is 0 Å². The topological polar surface area (TPSA) is 0 Å². The summed E-state index contributed by atoms with van der Waals surface area (Å²) in [4.78, 5) is 0. The number of hydrogen-bond donors (Lipinski definition) is 0. The van der Waals surface area contributed by atoms with Crippen LogP contribution in [0.2, 0.25) is 0 Å². The van der Waals surface area contributed by atoms with Gasteiger partial charge in [0, 0.05) is 0 Å². The molecule has 0 unspecified atom stereocenters. The summed E-state index contributed by atoms with van der Waals surface area (Å²) in [6.07, 6.45) is 13.5. The fourth-order valence-corrected chi connectivity index (χ4v) is 1.22. The molecule has 0 rings (SSSR count). The molecule has 0 radical (unpaired) electrons. The summed E-state index contributed by atoms with van der Waals surface area (Å²) >= 11 is 0. The highest BCUT2D eigenvalue weighted by atomic mass is 14.0. The van der Waals surface area contributed by atoms with Gasteiger partial charge in [-0.05, 0) is 38.3 Å². The third kappa shape index (κ3) is 12.9. The Balaban J connectivity index is -0.000000579. The number of allylic oxidation sites excluding steroid dienone is 9. The first kappa shape index (κ1) is 22.8. The maximum atomic E-state index is 3.69. The lowest BCUT2D eigenvalue weighted by Gasteiger charge is -2.04. The SMILES string of the molecule is C=C\C=C/C(=C/C(=C\C)CC)C(/C)=C\C.CC.CC. The Morgan fingerprint density at radius 1 is 1.00 bits per heavy atom. The minimum Gasteiger partial charge on any atom is -0.0991 e. The molecule has 0 saturated heterocycles. The lowest BCUT2D eigenvalue weighted by Crippen LogP contribution is -1.84. The van der Waals surface area contributed by atoms with E-state index in [1.165, 1.54) is 16.7 Å². The second-order valence-electron chi connectivity index (χ2n) is 3.38. The van der Waals surface area contributed by atoms with Crippen LogP contribution in [0.25, 0.3) is 0 Å². The fourth-order valence-electron chi connectivity index (χ4n) is 1.22. The van der Waals surface area contributed by atoms with Crippen molar-refractivity contribution in [3.8, 4) is 0 Å². The molecule has 0 aromatic heterocycles. The standard InChI is InChI=1S/C15H22.2C2H6/c1-6-10-11-15(13(5)7-2)12-14(8-3)9-4;2*1-2/h6-8,10-12H,1,9H2,2-5H3;2*1-2H3/b11-10-,13-7-,14-8-,15-12-;;. The Bertz CT molecular complexity index is 309. The van der Waals surface area contributed by atoms with Crippen molar-refractivity contribution in [2.24, 2.45) is 0 Å². The molecular formula is C19H34. The zero-order chi connectivity index (χ0) is 15.7. The first-order valence-electron chi connectivity index (χ1n) is 7.48. The van der Waals surface area contributed by atoms with Gasteiger partial charge >= 0.3 is 0 Å². The van der Waals surface area contributed by atoms with Gasteiger partial charge in [0.1, 0.15) is 0 Å². The van der Waals surface area contributed by atoms with Crippen LogP contribution in [-0.4, -0.2) is 0 Å². The van der Waals surface area contributed by atoms with E-state index in [2.05, 4.69) is 58.6 Å². The average molecular weight is 262 g/mol. The van der Waals surface area contributed by atoms with E-state index in [9.17, 15) is 0 Å². The first-order valence-corrected chi connectivity index (χ1v) is 7.48. The number of rotatable bonds is 5. The molecule has 0 heterocycles. The summed E-state index contributed by atoms with van der Waals surface area (Å²) in [5.74, 6) is 0. The molecule has 0 amide bonds. The van der Waals surface area contributed by atoms with Crippen molar-refractivity contribution >= 4 is 0 Å². The van der Waals surface area contributed by atoms with Crippen LogP contribution >= 0.6 is 0 Å². The maximum absolute atomic E-state index is 3.69. The van der Waals surface area contributed by atoms with Gasteiger partial charge in [-0.2, -0.15) is 0 Å². The highest BCUT2D eigenvalue weighted by molar-refractivity contribution is 5.43. The zero-order valence-corrected chi connectivity index (χ0v) is 14.4. The van der Waals surface area contributed by atoms with Crippen molar-refractivity contribution in [3.63, 3.8) is 0 Å². The molecule has 0 aromatic rings. The van der Waals surface area contributed by atoms with Gasteiger partial charge in [-0.25, -0.2) is 0 Å². The van der Waals surface area contributed by atoms with Crippen LogP contribution in [0.3, 0.4) is 0 Å². The van der Waals surface area contributed by atoms with Gasteiger partial charge in [0.15, 0.2) is 0 Å². The molecular weight excluding hydrogens is 228 g/mol. The Morgan fingerprint density at radius 3 is 1.84 bits per heavy atom. The maximum Gasteiger partial charge on any atom is -0.0228 e. The molecule has 0 aliphatic heterocycles. The van der Waals surface area contributed by atoms with Gasteiger partial charge in [-0.15, -0.1) is 0 Å². The van der Waals surface area contributed by atoms with E-state index in [4.69, 9.17) is 0 Å². The van der Waals surface area contributed by atoms with E-state index in [-0.39, 0.29) is 0 Å². The van der Waals surface area contributed by atoms with Crippen LogP contribution in [-0.2, 0) is 0 Å². The highest BCUT2D eigenvalue weighted by Crippen LogP contribution is 2.15. The molecule has 110 valence electrons. The quantitative estimate of drug-likeness (QED) is 0.466. The van der Waals surface area contributed by atoms with Gasteiger partial charge in [-0.1, -0.05) is 83.2 Å². The van der Waals surface area contributed by atoms with E-state index >= 15 is 0 Å². The summed E-state index contributed by atoms with van der Waals surface area (Å²) in [6.45, 7) is 20.1. The summed E-state index contributed by atoms with van der Waals surface area (Å²) in [5, 5.41) is 0. The van der Waals surface area contributed by atoms with E-state index in [1.807, 2.05) is 33.8 Å². The Hall–Kier alpha value is -1.30. The van der Waals surface area contributed by atoms with Crippen LogP contribution < -0.4 is 0 Å². The summed E-state index contributed by atoms with van der Waals surface area (Å²) in [7, 11) is 0. The van der Waals surface area contributed by atoms with Crippen molar-refractivity contribution in [1.82, 2.24) is 0 Å². The third-order valence-electron chi connectivity index (χ3n) is 2.42. The van der Waals surface area contributed by atoms with Crippen molar-refractivity contribution in [2.45, 2.75) is 61.8 Å². The monoisotopic (exact) mass is 262 g/mol. The highest BCUT2D eigenvalue weighted by Gasteiger charge is 1.95.